The largest absolute Gasteiger partial charge is 0.315 e. The molecule has 6 heteroatoms. The maximum absolute atomic E-state index is 13.0. The summed E-state index contributed by atoms with van der Waals surface area (Å²) in [4.78, 5) is 0.371. The SMILES string of the molecule is CN(C1CCNC1)S(=O)(=O)c1ccccc1-c1ccccc1.Cl. The van der Waals surface area contributed by atoms with Gasteiger partial charge in [0.1, 0.15) is 0 Å². The Balaban J connectivity index is 0.00000192. The Morgan fingerprint density at radius 1 is 1.04 bits per heavy atom. The molecule has 0 saturated carbocycles. The van der Waals surface area contributed by atoms with Crippen LogP contribution in [0.15, 0.2) is 59.5 Å². The molecule has 0 bridgehead atoms. The van der Waals surface area contributed by atoms with E-state index in [2.05, 4.69) is 5.32 Å². The second-order valence-electron chi connectivity index (χ2n) is 5.53. The minimum absolute atomic E-state index is 0. The second kappa shape index (κ2) is 7.45. The van der Waals surface area contributed by atoms with Gasteiger partial charge in [0.15, 0.2) is 0 Å². The average molecular weight is 353 g/mol. The maximum atomic E-state index is 13.0. The van der Waals surface area contributed by atoms with E-state index in [9.17, 15) is 8.42 Å². The Hall–Kier alpha value is -1.40. The summed E-state index contributed by atoms with van der Waals surface area (Å²) < 4.78 is 27.5. The molecule has 4 nitrogen and oxygen atoms in total. The van der Waals surface area contributed by atoms with E-state index < -0.39 is 10.0 Å². The van der Waals surface area contributed by atoms with Gasteiger partial charge in [-0.25, -0.2) is 8.42 Å². The quantitative estimate of drug-likeness (QED) is 0.920. The molecule has 0 amide bonds. The van der Waals surface area contributed by atoms with Gasteiger partial charge in [-0.15, -0.1) is 12.4 Å². The molecular weight excluding hydrogens is 332 g/mol. The topological polar surface area (TPSA) is 49.4 Å². The van der Waals surface area contributed by atoms with Crippen molar-refractivity contribution in [2.24, 2.45) is 0 Å². The zero-order valence-electron chi connectivity index (χ0n) is 13.0. The molecule has 1 aliphatic rings. The van der Waals surface area contributed by atoms with Crippen molar-refractivity contribution in [3.8, 4) is 11.1 Å². The summed E-state index contributed by atoms with van der Waals surface area (Å²) in [5.74, 6) is 0. The van der Waals surface area contributed by atoms with Crippen molar-refractivity contribution < 1.29 is 8.42 Å². The van der Waals surface area contributed by atoms with Crippen molar-refractivity contribution in [2.45, 2.75) is 17.4 Å². The number of nitrogens with zero attached hydrogens (tertiary/aromatic N) is 1. The molecule has 3 rings (SSSR count). The molecule has 1 atom stereocenters. The molecule has 2 aromatic carbocycles. The predicted octanol–water partition coefficient (Wildman–Crippen LogP) is 2.76. The maximum Gasteiger partial charge on any atom is 0.243 e. The average Bonchev–Trinajstić information content (AvgIpc) is 3.09. The van der Waals surface area contributed by atoms with E-state index in [0.29, 0.717) is 11.4 Å². The summed E-state index contributed by atoms with van der Waals surface area (Å²) in [6.45, 7) is 1.58. The van der Waals surface area contributed by atoms with Gasteiger partial charge in [-0.1, -0.05) is 48.5 Å². The zero-order valence-corrected chi connectivity index (χ0v) is 14.6. The molecule has 0 aliphatic carbocycles. The molecule has 23 heavy (non-hydrogen) atoms. The lowest BCUT2D eigenvalue weighted by molar-refractivity contribution is 0.388. The molecule has 124 valence electrons. The van der Waals surface area contributed by atoms with Crippen LogP contribution in [0.3, 0.4) is 0 Å². The van der Waals surface area contributed by atoms with Crippen LogP contribution >= 0.6 is 12.4 Å². The van der Waals surface area contributed by atoms with Crippen LogP contribution in [0, 0.1) is 0 Å². The highest BCUT2D eigenvalue weighted by atomic mass is 35.5. The lowest BCUT2D eigenvalue weighted by Crippen LogP contribution is -2.38. The van der Waals surface area contributed by atoms with Gasteiger partial charge in [0, 0.05) is 25.2 Å². The van der Waals surface area contributed by atoms with Crippen LogP contribution < -0.4 is 5.32 Å². The smallest absolute Gasteiger partial charge is 0.243 e. The minimum atomic E-state index is -3.51. The summed E-state index contributed by atoms with van der Waals surface area (Å²) in [5.41, 5.74) is 1.67. The number of halogens is 1. The molecule has 0 spiro atoms. The van der Waals surface area contributed by atoms with Gasteiger partial charge in [-0.3, -0.25) is 0 Å². The zero-order chi connectivity index (χ0) is 15.6. The summed E-state index contributed by atoms with van der Waals surface area (Å²) in [7, 11) is -1.83. The van der Waals surface area contributed by atoms with Crippen molar-refractivity contribution in [3.05, 3.63) is 54.6 Å². The lowest BCUT2D eigenvalue weighted by Gasteiger charge is -2.24. The van der Waals surface area contributed by atoms with Crippen molar-refractivity contribution in [3.63, 3.8) is 0 Å². The number of hydrogen-bond donors (Lipinski definition) is 1. The van der Waals surface area contributed by atoms with Crippen LogP contribution in [-0.4, -0.2) is 38.9 Å². The van der Waals surface area contributed by atoms with E-state index in [4.69, 9.17) is 0 Å². The highest BCUT2D eigenvalue weighted by Crippen LogP contribution is 2.30. The van der Waals surface area contributed by atoms with Crippen molar-refractivity contribution >= 4 is 22.4 Å². The number of nitrogens with one attached hydrogen (secondary N) is 1. The minimum Gasteiger partial charge on any atom is -0.315 e. The number of likely N-dealkylation sites (N-methyl/N-ethyl adjacent to an activating group) is 1. The van der Waals surface area contributed by atoms with E-state index in [1.807, 2.05) is 42.5 Å². The monoisotopic (exact) mass is 352 g/mol. The number of benzene rings is 2. The van der Waals surface area contributed by atoms with Gasteiger partial charge >= 0.3 is 0 Å². The first-order valence-corrected chi connectivity index (χ1v) is 8.88. The lowest BCUT2D eigenvalue weighted by atomic mass is 10.1. The Morgan fingerprint density at radius 2 is 1.70 bits per heavy atom. The Labute approximate surface area is 144 Å². The van der Waals surface area contributed by atoms with Gasteiger partial charge < -0.3 is 5.32 Å². The van der Waals surface area contributed by atoms with E-state index in [1.54, 1.807) is 19.2 Å². The second-order valence-corrected chi connectivity index (χ2v) is 7.50. The van der Waals surface area contributed by atoms with Crippen molar-refractivity contribution in [1.29, 1.82) is 0 Å². The fourth-order valence-electron chi connectivity index (χ4n) is 2.85. The molecule has 0 aromatic heterocycles. The van der Waals surface area contributed by atoms with Crippen LogP contribution in [0.2, 0.25) is 0 Å². The van der Waals surface area contributed by atoms with Crippen molar-refractivity contribution in [2.75, 3.05) is 20.1 Å². The summed E-state index contributed by atoms with van der Waals surface area (Å²) in [5, 5.41) is 3.22. The number of rotatable bonds is 4. The molecule has 1 heterocycles. The Bertz CT molecular complexity index is 744. The molecule has 2 aromatic rings. The van der Waals surface area contributed by atoms with Crippen LogP contribution in [0.5, 0.6) is 0 Å². The van der Waals surface area contributed by atoms with E-state index in [-0.39, 0.29) is 18.4 Å². The van der Waals surface area contributed by atoms with Gasteiger partial charge in [-0.2, -0.15) is 4.31 Å². The first-order chi connectivity index (χ1) is 10.6. The van der Waals surface area contributed by atoms with Crippen molar-refractivity contribution in [1.82, 2.24) is 9.62 Å². The van der Waals surface area contributed by atoms with Gasteiger partial charge in [-0.05, 0) is 24.6 Å². The Kier molecular flexibility index (Phi) is 5.81. The molecule has 1 N–H and O–H groups in total. The number of sulfonamides is 1. The molecular formula is C17H21ClN2O2S. The van der Waals surface area contributed by atoms with Crippen LogP contribution in [0.4, 0.5) is 0 Å². The first kappa shape index (κ1) is 17.9. The highest BCUT2D eigenvalue weighted by molar-refractivity contribution is 7.89. The van der Waals surface area contributed by atoms with Gasteiger partial charge in [0.2, 0.25) is 10.0 Å². The molecule has 0 radical (unpaired) electrons. The fraction of sp³-hybridized carbons (Fsp3) is 0.294. The van der Waals surface area contributed by atoms with Crippen LogP contribution in [-0.2, 0) is 10.0 Å². The van der Waals surface area contributed by atoms with E-state index in [0.717, 1.165) is 24.1 Å². The summed E-state index contributed by atoms with van der Waals surface area (Å²) in [6, 6.07) is 16.9. The van der Waals surface area contributed by atoms with Gasteiger partial charge in [0.25, 0.3) is 0 Å². The number of hydrogen-bond acceptors (Lipinski definition) is 3. The highest BCUT2D eigenvalue weighted by Gasteiger charge is 2.31. The van der Waals surface area contributed by atoms with Gasteiger partial charge in [0.05, 0.1) is 4.90 Å². The normalized spacial score (nSPS) is 17.9. The summed E-state index contributed by atoms with van der Waals surface area (Å²) >= 11 is 0. The summed E-state index contributed by atoms with van der Waals surface area (Å²) in [6.07, 6.45) is 0.850. The molecule has 1 aliphatic heterocycles. The third-order valence-electron chi connectivity index (χ3n) is 4.18. The third-order valence-corrected chi connectivity index (χ3v) is 6.15. The van der Waals surface area contributed by atoms with Crippen LogP contribution in [0.25, 0.3) is 11.1 Å². The molecule has 1 unspecified atom stereocenters. The Morgan fingerprint density at radius 3 is 2.35 bits per heavy atom. The predicted molar refractivity (Wildman–Crippen MR) is 95.3 cm³/mol. The fourth-order valence-corrected chi connectivity index (χ4v) is 4.45. The molecule has 1 saturated heterocycles. The van der Waals surface area contributed by atoms with E-state index in [1.165, 1.54) is 4.31 Å². The van der Waals surface area contributed by atoms with Crippen LogP contribution in [0.1, 0.15) is 6.42 Å². The first-order valence-electron chi connectivity index (χ1n) is 7.44. The standard InChI is InChI=1S/C17H20N2O2S.ClH/c1-19(15-11-12-18-13-15)22(20,21)17-10-6-5-9-16(17)14-7-3-2-4-8-14;/h2-10,15,18H,11-13H2,1H3;1H. The molecule has 1 fully saturated rings. The third kappa shape index (κ3) is 3.58. The van der Waals surface area contributed by atoms with E-state index >= 15 is 0 Å².